The lowest BCUT2D eigenvalue weighted by Crippen LogP contribution is -2.36. The number of hydrogen-bond donors (Lipinski definition) is 0. The summed E-state index contributed by atoms with van der Waals surface area (Å²) in [7, 11) is 0. The molecule has 1 saturated heterocycles. The minimum absolute atomic E-state index is 0.00138. The number of amides is 1. The summed E-state index contributed by atoms with van der Waals surface area (Å²) < 4.78 is 6.08. The molecule has 1 aliphatic rings. The molecule has 5 heteroatoms. The van der Waals surface area contributed by atoms with Crippen LogP contribution >= 0.6 is 11.8 Å². The Hall–Kier alpha value is -3.83. The molecule has 37 heavy (non-hydrogen) atoms. The molecule has 1 aliphatic heterocycles. The number of carbonyl (C=O) groups is 1. The van der Waals surface area contributed by atoms with Gasteiger partial charge >= 0.3 is 0 Å². The van der Waals surface area contributed by atoms with E-state index in [-0.39, 0.29) is 11.9 Å². The molecule has 1 heterocycles. The average molecular weight is 507 g/mol. The Morgan fingerprint density at radius 2 is 1.68 bits per heavy atom. The number of carbonyl (C=O) groups excluding carboxylic acids is 1. The van der Waals surface area contributed by atoms with Gasteiger partial charge in [-0.05, 0) is 84.3 Å². The molecular weight excluding hydrogens is 476 g/mol. The fourth-order valence-corrected chi connectivity index (χ4v) is 5.35. The van der Waals surface area contributed by atoms with E-state index in [0.717, 1.165) is 34.2 Å². The van der Waals surface area contributed by atoms with Crippen molar-refractivity contribution in [3.63, 3.8) is 0 Å². The van der Waals surface area contributed by atoms with E-state index in [9.17, 15) is 4.79 Å². The van der Waals surface area contributed by atoms with E-state index < -0.39 is 0 Å². The summed E-state index contributed by atoms with van der Waals surface area (Å²) in [6.45, 7) is 6.70. The van der Waals surface area contributed by atoms with Crippen LogP contribution in [0, 0.1) is 6.92 Å². The number of nitrogens with zero attached hydrogens (tertiary/aromatic N) is 2. The van der Waals surface area contributed by atoms with E-state index in [1.807, 2.05) is 65.6 Å². The van der Waals surface area contributed by atoms with Crippen LogP contribution in [0.1, 0.15) is 37.0 Å². The number of rotatable bonds is 7. The first kappa shape index (κ1) is 24.8. The van der Waals surface area contributed by atoms with E-state index in [0.29, 0.717) is 11.5 Å². The quantitative estimate of drug-likeness (QED) is 0.238. The zero-order chi connectivity index (χ0) is 25.8. The first-order valence-corrected chi connectivity index (χ1v) is 13.4. The molecule has 5 rings (SSSR count). The fraction of sp³-hybridized carbons (Fsp3) is 0.188. The number of thioether (sulfide) groups is 1. The van der Waals surface area contributed by atoms with Gasteiger partial charge in [0.15, 0.2) is 5.17 Å². The van der Waals surface area contributed by atoms with Gasteiger partial charge in [-0.2, -0.15) is 0 Å². The molecule has 0 spiro atoms. The minimum atomic E-state index is 0.00138. The standard InChI is InChI=1S/C32H30N2O2S/c1-4-23(3)34-31(35)30(37-32(34)33-27-16-12-22(2)13-17-27)20-24-14-18-28(19-15-24)36-21-26-10-7-9-25-8-5-6-11-29(25)26/h5-20,23H,4,21H2,1-3H3/b30-20+,33-32?/t23-/m1/s1. The Morgan fingerprint density at radius 1 is 0.946 bits per heavy atom. The summed E-state index contributed by atoms with van der Waals surface area (Å²) in [6, 6.07) is 30.6. The van der Waals surface area contributed by atoms with Crippen LogP contribution in [-0.4, -0.2) is 22.0 Å². The van der Waals surface area contributed by atoms with Crippen LogP contribution in [0.15, 0.2) is 101 Å². The zero-order valence-corrected chi connectivity index (χ0v) is 22.2. The predicted octanol–water partition coefficient (Wildman–Crippen LogP) is 8.13. The monoisotopic (exact) mass is 506 g/mol. The van der Waals surface area contributed by atoms with Crippen molar-refractivity contribution < 1.29 is 9.53 Å². The molecule has 1 fully saturated rings. The highest BCUT2D eigenvalue weighted by Crippen LogP contribution is 2.36. The Labute approximate surface area is 222 Å². The molecule has 0 saturated carbocycles. The van der Waals surface area contributed by atoms with Crippen LogP contribution in [-0.2, 0) is 11.4 Å². The molecule has 4 nitrogen and oxygen atoms in total. The van der Waals surface area contributed by atoms with Crippen molar-refractivity contribution in [2.24, 2.45) is 4.99 Å². The van der Waals surface area contributed by atoms with E-state index >= 15 is 0 Å². The van der Waals surface area contributed by atoms with Crippen LogP contribution < -0.4 is 4.74 Å². The first-order valence-electron chi connectivity index (χ1n) is 12.6. The highest BCUT2D eigenvalue weighted by Gasteiger charge is 2.36. The molecule has 0 unspecified atom stereocenters. The molecule has 4 aromatic rings. The van der Waals surface area contributed by atoms with E-state index in [4.69, 9.17) is 9.73 Å². The summed E-state index contributed by atoms with van der Waals surface area (Å²) in [6.07, 6.45) is 2.80. The highest BCUT2D eigenvalue weighted by atomic mass is 32.2. The Kier molecular flexibility index (Phi) is 7.42. The minimum Gasteiger partial charge on any atom is -0.489 e. The molecule has 1 atom stereocenters. The van der Waals surface area contributed by atoms with Gasteiger partial charge in [-0.3, -0.25) is 9.69 Å². The van der Waals surface area contributed by atoms with Crippen molar-refractivity contribution in [3.05, 3.63) is 113 Å². The van der Waals surface area contributed by atoms with Crippen molar-refractivity contribution in [2.75, 3.05) is 0 Å². The average Bonchev–Trinajstić information content (AvgIpc) is 3.23. The molecule has 4 aromatic carbocycles. The Bertz CT molecular complexity index is 1470. The summed E-state index contributed by atoms with van der Waals surface area (Å²) in [5.41, 5.74) is 4.14. The van der Waals surface area contributed by atoms with Gasteiger partial charge in [0.2, 0.25) is 0 Å². The third kappa shape index (κ3) is 5.62. The summed E-state index contributed by atoms with van der Waals surface area (Å²) in [4.78, 5) is 20.6. The van der Waals surface area contributed by atoms with E-state index in [2.05, 4.69) is 57.2 Å². The maximum absolute atomic E-state index is 13.3. The van der Waals surface area contributed by atoms with Crippen molar-refractivity contribution in [1.82, 2.24) is 4.90 Å². The van der Waals surface area contributed by atoms with Crippen LogP contribution in [0.3, 0.4) is 0 Å². The number of ether oxygens (including phenoxy) is 1. The third-order valence-electron chi connectivity index (χ3n) is 6.58. The Morgan fingerprint density at radius 3 is 2.43 bits per heavy atom. The molecule has 0 radical (unpaired) electrons. The first-order chi connectivity index (χ1) is 18.0. The van der Waals surface area contributed by atoms with Crippen molar-refractivity contribution in [1.29, 1.82) is 0 Å². The molecular formula is C32H30N2O2S. The van der Waals surface area contributed by atoms with Crippen LogP contribution in [0.5, 0.6) is 5.75 Å². The maximum atomic E-state index is 13.3. The summed E-state index contributed by atoms with van der Waals surface area (Å²) >= 11 is 1.43. The van der Waals surface area contributed by atoms with Gasteiger partial charge in [-0.15, -0.1) is 0 Å². The molecule has 0 N–H and O–H groups in total. The van der Waals surface area contributed by atoms with Crippen molar-refractivity contribution >= 4 is 45.4 Å². The number of hydrogen-bond acceptors (Lipinski definition) is 4. The smallest absolute Gasteiger partial charge is 0.266 e. The molecule has 0 aromatic heterocycles. The zero-order valence-electron chi connectivity index (χ0n) is 21.3. The molecule has 0 bridgehead atoms. The van der Waals surface area contributed by atoms with Gasteiger partial charge < -0.3 is 4.74 Å². The highest BCUT2D eigenvalue weighted by molar-refractivity contribution is 8.18. The van der Waals surface area contributed by atoms with Gasteiger partial charge in [0, 0.05) is 6.04 Å². The van der Waals surface area contributed by atoms with Gasteiger partial charge in [-0.25, -0.2) is 4.99 Å². The second-order valence-electron chi connectivity index (χ2n) is 9.27. The SMILES string of the molecule is CC[C@@H](C)N1C(=O)/C(=C\c2ccc(OCc3cccc4ccccc34)cc2)SC1=Nc1ccc(C)cc1. The topological polar surface area (TPSA) is 41.9 Å². The lowest BCUT2D eigenvalue weighted by Gasteiger charge is -2.22. The number of fused-ring (bicyclic) bond motifs is 1. The second kappa shape index (κ2) is 11.1. The number of benzene rings is 4. The van der Waals surface area contributed by atoms with Crippen LogP contribution in [0.4, 0.5) is 5.69 Å². The molecule has 1 amide bonds. The van der Waals surface area contributed by atoms with Gasteiger partial charge in [0.05, 0.1) is 10.6 Å². The molecule has 186 valence electrons. The second-order valence-corrected chi connectivity index (χ2v) is 10.3. The van der Waals surface area contributed by atoms with Crippen molar-refractivity contribution in [3.8, 4) is 5.75 Å². The summed E-state index contributed by atoms with van der Waals surface area (Å²) in [5, 5.41) is 3.14. The number of aryl methyl sites for hydroxylation is 1. The lowest BCUT2D eigenvalue weighted by molar-refractivity contribution is -0.123. The predicted molar refractivity (Wildman–Crippen MR) is 155 cm³/mol. The van der Waals surface area contributed by atoms with Crippen LogP contribution in [0.2, 0.25) is 0 Å². The number of aliphatic imine (C=N–C) groups is 1. The summed E-state index contributed by atoms with van der Waals surface area (Å²) in [5.74, 6) is 0.796. The Balaban J connectivity index is 1.33. The third-order valence-corrected chi connectivity index (χ3v) is 7.56. The normalized spacial score (nSPS) is 16.6. The van der Waals surface area contributed by atoms with Gasteiger partial charge in [0.25, 0.3) is 5.91 Å². The van der Waals surface area contributed by atoms with Crippen molar-refractivity contribution in [2.45, 2.75) is 39.8 Å². The largest absolute Gasteiger partial charge is 0.489 e. The lowest BCUT2D eigenvalue weighted by atomic mass is 10.1. The van der Waals surface area contributed by atoms with Crippen LogP contribution in [0.25, 0.3) is 16.8 Å². The van der Waals surface area contributed by atoms with Gasteiger partial charge in [-0.1, -0.05) is 79.2 Å². The van der Waals surface area contributed by atoms with E-state index in [1.54, 1.807) is 0 Å². The number of amidine groups is 1. The maximum Gasteiger partial charge on any atom is 0.266 e. The van der Waals surface area contributed by atoms with Gasteiger partial charge in [0.1, 0.15) is 12.4 Å². The van der Waals surface area contributed by atoms with E-state index in [1.165, 1.54) is 28.1 Å². The molecule has 0 aliphatic carbocycles. The fourth-order valence-electron chi connectivity index (χ4n) is 4.26.